The summed E-state index contributed by atoms with van der Waals surface area (Å²) in [4.78, 5) is 126. The number of thioether (sulfide) groups is 1. The molecule has 109 heavy (non-hydrogen) atoms. The molecule has 0 aromatic heterocycles. The van der Waals surface area contributed by atoms with Crippen molar-refractivity contribution in [1.82, 2.24) is 42.5 Å². The van der Waals surface area contributed by atoms with Crippen molar-refractivity contribution in [2.24, 2.45) is 28.7 Å². The molecule has 0 aliphatic rings. The molecule has 0 radical (unpaired) electrons. The highest BCUT2D eigenvalue weighted by Gasteiger charge is 2.34. The predicted molar refractivity (Wildman–Crippen MR) is 451 cm³/mol. The van der Waals surface area contributed by atoms with E-state index in [-0.39, 0.29) is 74.3 Å². The van der Waals surface area contributed by atoms with Crippen molar-refractivity contribution in [2.75, 3.05) is 50.8 Å². The van der Waals surface area contributed by atoms with Crippen molar-refractivity contribution >= 4 is 64.9 Å². The molecule has 0 aliphatic carbocycles. The van der Waals surface area contributed by atoms with E-state index in [1.807, 2.05) is 0 Å². The number of amides is 9. The van der Waals surface area contributed by atoms with E-state index in [2.05, 4.69) is 63.3 Å². The molecule has 0 spiro atoms. The van der Waals surface area contributed by atoms with E-state index in [0.717, 1.165) is 70.6 Å². The first-order valence-electron chi connectivity index (χ1n) is 44.7. The molecular formula is C85H167N13O10S. The first-order chi connectivity index (χ1) is 53.1. The molecule has 638 valence electrons. The number of nitrogens with one attached hydrogen (secondary N) is 8. The molecule has 7 atom stereocenters. The van der Waals surface area contributed by atoms with Gasteiger partial charge in [-0.1, -0.05) is 284 Å². The molecule has 0 fully saturated rings. The Morgan fingerprint density at radius 2 is 0.495 bits per heavy atom. The Hall–Kier alpha value is -4.62. The fourth-order valence-corrected chi connectivity index (χ4v) is 14.9. The van der Waals surface area contributed by atoms with Gasteiger partial charge in [-0.25, -0.2) is 0 Å². The minimum absolute atomic E-state index is 0.0539. The lowest BCUT2D eigenvalue weighted by Gasteiger charge is -2.27. The third-order valence-electron chi connectivity index (χ3n) is 20.9. The third-order valence-corrected chi connectivity index (χ3v) is 22.0. The highest BCUT2D eigenvalue weighted by atomic mass is 32.2. The Morgan fingerprint density at radius 1 is 0.266 bits per heavy atom. The summed E-state index contributed by atoms with van der Waals surface area (Å²) in [7, 11) is 0. The van der Waals surface area contributed by atoms with E-state index >= 15 is 0 Å². The van der Waals surface area contributed by atoms with E-state index < -0.39 is 84.3 Å². The number of unbranched alkanes of at least 4 members (excludes halogenated alkanes) is 45. The largest absolute Gasteiger partial charge is 0.394 e. The number of hydrogen-bond acceptors (Lipinski definition) is 15. The van der Waals surface area contributed by atoms with Crippen molar-refractivity contribution in [3.05, 3.63) is 0 Å². The lowest BCUT2D eigenvalue weighted by molar-refractivity contribution is -0.136. The average molecular weight is 1560 g/mol. The lowest BCUT2D eigenvalue weighted by atomic mass is 10.0. The van der Waals surface area contributed by atoms with Gasteiger partial charge < -0.3 is 76.3 Å². The summed E-state index contributed by atoms with van der Waals surface area (Å²) in [6.45, 7) is 7.60. The SMILES string of the molecule is CCCCCCCCCCCCCCCCCC(=O)N[C@@H](CSC[C@H](NC(=O)CCCCCCCCCCCCCCCCC)C(=O)N[C@@H](CO)C(=O)N[C@@H](CCCCN)C(=O)N[C@@H](CCCCN)C(=O)N[C@@H](CCCCN)C(=O)N[C@@H](CCCCN)C(N)=O)C(=O)NCCCCCCCCCCCCCCCC. The van der Waals surface area contributed by atoms with Crippen LogP contribution in [0.2, 0.25) is 0 Å². The average Bonchev–Trinajstić information content (AvgIpc) is 0.858. The standard InChI is InChI=1S/C85H167N13O10S/c1-4-7-10-13-16-19-22-25-28-30-33-36-39-42-45-60-77(100)92-75(80(103)91-66-55-44-41-38-35-32-27-24-21-18-15-12-9-6-3)68-109-69-76(93-78(101)61-46-43-40-37-34-31-29-26-23-20-17-14-11-8-5-2)85(108)98-74(67-99)84(107)97-73(59-50-54-65-89)83(106)96-72(58-49-53-64-88)82(105)95-71(57-48-52-63-87)81(104)94-70(79(90)102)56-47-51-62-86/h70-76,99H,4-69,86-89H2,1-3H3,(H2,90,102)(H,91,103)(H,92,100)(H,93,101)(H,94,104)(H,95,105)(H,96,106)(H,97,107)(H,98,108)/t70-,71-,72-,73-,74-,75-,76-/m0/s1. The van der Waals surface area contributed by atoms with E-state index in [0.29, 0.717) is 90.4 Å². The topological polar surface area (TPSA) is 400 Å². The summed E-state index contributed by atoms with van der Waals surface area (Å²) in [5.41, 5.74) is 28.9. The molecule has 23 nitrogen and oxygen atoms in total. The van der Waals surface area contributed by atoms with Gasteiger partial charge in [0.1, 0.15) is 42.3 Å². The summed E-state index contributed by atoms with van der Waals surface area (Å²) < 4.78 is 0. The number of primary amides is 1. The Morgan fingerprint density at radius 3 is 0.771 bits per heavy atom. The van der Waals surface area contributed by atoms with Crippen molar-refractivity contribution in [1.29, 1.82) is 0 Å². The normalized spacial score (nSPS) is 13.3. The van der Waals surface area contributed by atoms with Crippen LogP contribution in [0.4, 0.5) is 0 Å². The fourth-order valence-electron chi connectivity index (χ4n) is 13.8. The van der Waals surface area contributed by atoms with Gasteiger partial charge in [0.15, 0.2) is 0 Å². The van der Waals surface area contributed by atoms with Crippen LogP contribution in [0.1, 0.15) is 393 Å². The smallest absolute Gasteiger partial charge is 0.245 e. The molecule has 0 saturated carbocycles. The summed E-state index contributed by atoms with van der Waals surface area (Å²) in [6.07, 6.45) is 57.4. The second kappa shape index (κ2) is 77.3. The fraction of sp³-hybridized carbons (Fsp3) is 0.894. The van der Waals surface area contributed by atoms with Crippen LogP contribution in [0.3, 0.4) is 0 Å². The van der Waals surface area contributed by atoms with E-state index in [9.17, 15) is 48.3 Å². The van der Waals surface area contributed by atoms with Crippen LogP contribution in [-0.2, 0) is 43.2 Å². The van der Waals surface area contributed by atoms with Gasteiger partial charge in [0.05, 0.1) is 6.61 Å². The van der Waals surface area contributed by atoms with Gasteiger partial charge in [-0.3, -0.25) is 43.2 Å². The van der Waals surface area contributed by atoms with Crippen molar-refractivity contribution in [2.45, 2.75) is 435 Å². The Balaban J connectivity index is 6.62. The van der Waals surface area contributed by atoms with Crippen molar-refractivity contribution in [3.63, 3.8) is 0 Å². The Bertz CT molecular complexity index is 2240. The molecule has 24 heteroatoms. The molecule has 0 rings (SSSR count). The Kier molecular flexibility index (Phi) is 74.0. The summed E-state index contributed by atoms with van der Waals surface area (Å²) >= 11 is 1.21. The lowest BCUT2D eigenvalue weighted by Crippen LogP contribution is -2.60. The highest BCUT2D eigenvalue weighted by Crippen LogP contribution is 2.19. The number of rotatable bonds is 82. The minimum Gasteiger partial charge on any atom is -0.394 e. The zero-order chi connectivity index (χ0) is 80.3. The van der Waals surface area contributed by atoms with Gasteiger partial charge in [0, 0.05) is 30.9 Å². The van der Waals surface area contributed by atoms with Crippen LogP contribution in [0, 0.1) is 0 Å². The second-order valence-electron chi connectivity index (χ2n) is 31.1. The molecule has 19 N–H and O–H groups in total. The maximum absolute atomic E-state index is 14.6. The Labute approximate surface area is 667 Å². The van der Waals surface area contributed by atoms with E-state index in [1.165, 1.54) is 211 Å². The second-order valence-corrected chi connectivity index (χ2v) is 32.2. The maximum atomic E-state index is 14.6. The van der Waals surface area contributed by atoms with Crippen LogP contribution in [-0.4, -0.2) is 151 Å². The van der Waals surface area contributed by atoms with Gasteiger partial charge in [0.25, 0.3) is 0 Å². The summed E-state index contributed by atoms with van der Waals surface area (Å²) in [5, 5.41) is 33.4. The first kappa shape index (κ1) is 104. The van der Waals surface area contributed by atoms with Crippen LogP contribution in [0.15, 0.2) is 0 Å². The molecule has 0 unspecified atom stereocenters. The first-order valence-corrected chi connectivity index (χ1v) is 45.9. The summed E-state index contributed by atoms with van der Waals surface area (Å²) in [5.74, 6) is -5.44. The van der Waals surface area contributed by atoms with Crippen LogP contribution in [0.5, 0.6) is 0 Å². The van der Waals surface area contributed by atoms with Gasteiger partial charge in [-0.2, -0.15) is 11.8 Å². The van der Waals surface area contributed by atoms with Crippen molar-refractivity contribution in [3.8, 4) is 0 Å². The van der Waals surface area contributed by atoms with Crippen molar-refractivity contribution < 1.29 is 48.3 Å². The quantitative estimate of drug-likeness (QED) is 0.0252. The number of carbonyl (C=O) groups excluding carboxylic acids is 9. The molecule has 0 bridgehead atoms. The summed E-state index contributed by atoms with van der Waals surface area (Å²) in [6, 6.07) is -8.46. The zero-order valence-electron chi connectivity index (χ0n) is 69.6. The van der Waals surface area contributed by atoms with Gasteiger partial charge in [-0.05, 0) is 122 Å². The number of aliphatic hydroxyl groups is 1. The molecule has 0 heterocycles. The van der Waals surface area contributed by atoms with Crippen LogP contribution in [0.25, 0.3) is 0 Å². The number of hydrogen-bond donors (Lipinski definition) is 14. The number of nitrogens with two attached hydrogens (primary N) is 5. The molecular weight excluding hydrogens is 1400 g/mol. The minimum atomic E-state index is -1.61. The number of carbonyl (C=O) groups is 9. The number of aliphatic hydroxyl groups excluding tert-OH is 1. The molecule has 0 saturated heterocycles. The molecule has 0 aromatic rings. The van der Waals surface area contributed by atoms with Crippen LogP contribution < -0.4 is 71.2 Å². The molecule has 0 aromatic carbocycles. The van der Waals surface area contributed by atoms with Gasteiger partial charge in [-0.15, -0.1) is 0 Å². The van der Waals surface area contributed by atoms with Gasteiger partial charge >= 0.3 is 0 Å². The predicted octanol–water partition coefficient (Wildman–Crippen LogP) is 13.2. The highest BCUT2D eigenvalue weighted by molar-refractivity contribution is 7.99. The van der Waals surface area contributed by atoms with Gasteiger partial charge in [0.2, 0.25) is 53.2 Å². The van der Waals surface area contributed by atoms with Crippen LogP contribution >= 0.6 is 11.8 Å². The molecule has 9 amide bonds. The monoisotopic (exact) mass is 1560 g/mol. The van der Waals surface area contributed by atoms with E-state index in [4.69, 9.17) is 28.7 Å². The maximum Gasteiger partial charge on any atom is 0.245 e. The third kappa shape index (κ3) is 62.5. The molecule has 0 aliphatic heterocycles. The van der Waals surface area contributed by atoms with E-state index in [1.54, 1.807) is 0 Å². The zero-order valence-corrected chi connectivity index (χ0v) is 70.4.